The molecule has 2 heterocycles. The van der Waals surface area contributed by atoms with Gasteiger partial charge in [-0.2, -0.15) is 0 Å². The van der Waals surface area contributed by atoms with E-state index in [1.54, 1.807) is 11.3 Å². The van der Waals surface area contributed by atoms with Crippen LogP contribution in [0.1, 0.15) is 54.1 Å². The molecule has 18 heavy (non-hydrogen) atoms. The third kappa shape index (κ3) is 2.76. The normalized spacial score (nSPS) is 25.6. The predicted molar refractivity (Wildman–Crippen MR) is 73.7 cm³/mol. The van der Waals surface area contributed by atoms with Crippen molar-refractivity contribution in [2.75, 3.05) is 13.1 Å². The van der Waals surface area contributed by atoms with Crippen molar-refractivity contribution in [3.63, 3.8) is 0 Å². The number of hydrogen-bond acceptors (Lipinski definition) is 4. The number of piperidine rings is 1. The fourth-order valence-electron chi connectivity index (χ4n) is 2.89. The Balaban J connectivity index is 1.68. The van der Waals surface area contributed by atoms with Gasteiger partial charge < -0.3 is 5.11 Å². The lowest BCUT2D eigenvalue weighted by Gasteiger charge is -2.29. The minimum Gasteiger partial charge on any atom is -0.391 e. The van der Waals surface area contributed by atoms with Gasteiger partial charge in [0.2, 0.25) is 0 Å². The fourth-order valence-corrected chi connectivity index (χ4v) is 3.95. The highest BCUT2D eigenvalue weighted by atomic mass is 32.1. The van der Waals surface area contributed by atoms with Crippen LogP contribution in [0.25, 0.3) is 0 Å². The monoisotopic (exact) mass is 266 g/mol. The molecule has 100 valence electrons. The molecule has 1 N–H and O–H groups in total. The van der Waals surface area contributed by atoms with Crippen LogP contribution in [0, 0.1) is 5.92 Å². The Bertz CT molecular complexity index is 414. The molecule has 1 saturated heterocycles. The first-order valence-corrected chi connectivity index (χ1v) is 7.89. The van der Waals surface area contributed by atoms with Crippen LogP contribution in [-0.2, 0) is 13.2 Å². The smallest absolute Gasteiger partial charge is 0.107 e. The van der Waals surface area contributed by atoms with Crippen LogP contribution in [0.5, 0.6) is 0 Å². The average Bonchev–Trinajstić information content (AvgIpc) is 3.11. The summed E-state index contributed by atoms with van der Waals surface area (Å²) in [6, 6.07) is 0. The molecule has 2 fully saturated rings. The van der Waals surface area contributed by atoms with E-state index < -0.39 is 0 Å². The van der Waals surface area contributed by atoms with Gasteiger partial charge in [0.05, 0.1) is 23.7 Å². The Labute approximate surface area is 113 Å². The summed E-state index contributed by atoms with van der Waals surface area (Å²) < 4.78 is 0. The van der Waals surface area contributed by atoms with E-state index in [2.05, 4.69) is 11.8 Å². The third-order valence-corrected chi connectivity index (χ3v) is 5.02. The topological polar surface area (TPSA) is 36.4 Å². The Morgan fingerprint density at radius 2 is 2.22 bits per heavy atom. The number of rotatable bonds is 4. The molecule has 1 aliphatic carbocycles. The molecule has 1 saturated carbocycles. The molecule has 1 atom stereocenters. The Kier molecular flexibility index (Phi) is 3.68. The van der Waals surface area contributed by atoms with E-state index in [9.17, 15) is 5.11 Å². The van der Waals surface area contributed by atoms with Gasteiger partial charge in [0, 0.05) is 12.5 Å². The van der Waals surface area contributed by atoms with Gasteiger partial charge in [-0.05, 0) is 38.1 Å². The maximum absolute atomic E-state index is 9.41. The predicted octanol–water partition coefficient (Wildman–Crippen LogP) is 2.74. The standard InChI is InChI=1S/C14H22N2OS/c1-10-3-2-6-16(7-10)8-13-15-14(11-4-5-11)12(9-17)18-13/h10-11,17H,2-9H2,1H3. The van der Waals surface area contributed by atoms with Crippen molar-refractivity contribution in [2.24, 2.45) is 5.92 Å². The summed E-state index contributed by atoms with van der Waals surface area (Å²) in [5.41, 5.74) is 1.20. The van der Waals surface area contributed by atoms with E-state index in [0.29, 0.717) is 5.92 Å². The van der Waals surface area contributed by atoms with Crippen LogP contribution in [0.3, 0.4) is 0 Å². The SMILES string of the molecule is CC1CCCN(Cc2nc(C3CC3)c(CO)s2)C1. The number of thiazole rings is 1. The van der Waals surface area contributed by atoms with Crippen LogP contribution in [0.2, 0.25) is 0 Å². The number of aliphatic hydroxyl groups is 1. The maximum atomic E-state index is 9.41. The molecule has 1 unspecified atom stereocenters. The molecule has 1 aromatic rings. The lowest BCUT2D eigenvalue weighted by atomic mass is 10.0. The minimum absolute atomic E-state index is 0.167. The molecule has 0 bridgehead atoms. The summed E-state index contributed by atoms with van der Waals surface area (Å²) in [5, 5.41) is 10.6. The summed E-state index contributed by atoms with van der Waals surface area (Å²) >= 11 is 1.72. The molecule has 3 rings (SSSR count). The summed E-state index contributed by atoms with van der Waals surface area (Å²) in [6.07, 6.45) is 5.20. The van der Waals surface area contributed by atoms with Gasteiger partial charge in [0.1, 0.15) is 5.01 Å². The van der Waals surface area contributed by atoms with E-state index in [0.717, 1.165) is 17.3 Å². The van der Waals surface area contributed by atoms with Crippen LogP contribution in [0.15, 0.2) is 0 Å². The molecule has 4 heteroatoms. The summed E-state index contributed by atoms with van der Waals surface area (Å²) in [4.78, 5) is 8.41. The number of nitrogens with zero attached hydrogens (tertiary/aromatic N) is 2. The van der Waals surface area contributed by atoms with Gasteiger partial charge in [-0.25, -0.2) is 4.98 Å². The Morgan fingerprint density at radius 3 is 2.89 bits per heavy atom. The van der Waals surface area contributed by atoms with Gasteiger partial charge in [-0.1, -0.05) is 6.92 Å². The van der Waals surface area contributed by atoms with Gasteiger partial charge in [0.25, 0.3) is 0 Å². The second-order valence-corrected chi connectivity index (χ2v) is 7.00. The first-order valence-electron chi connectivity index (χ1n) is 7.08. The zero-order valence-electron chi connectivity index (χ0n) is 11.1. The number of hydrogen-bond donors (Lipinski definition) is 1. The van der Waals surface area contributed by atoms with E-state index >= 15 is 0 Å². The second-order valence-electron chi connectivity index (χ2n) is 5.83. The van der Waals surface area contributed by atoms with Gasteiger partial charge in [-0.3, -0.25) is 4.90 Å². The van der Waals surface area contributed by atoms with Crippen molar-refractivity contribution in [1.29, 1.82) is 0 Å². The van der Waals surface area contributed by atoms with Gasteiger partial charge >= 0.3 is 0 Å². The van der Waals surface area contributed by atoms with Crippen molar-refractivity contribution in [2.45, 2.75) is 51.7 Å². The van der Waals surface area contributed by atoms with Crippen LogP contribution >= 0.6 is 11.3 Å². The molecule has 2 aliphatic rings. The van der Waals surface area contributed by atoms with Crippen molar-refractivity contribution in [1.82, 2.24) is 9.88 Å². The summed E-state index contributed by atoms with van der Waals surface area (Å²) in [7, 11) is 0. The molecule has 3 nitrogen and oxygen atoms in total. The molecule has 1 aromatic heterocycles. The van der Waals surface area contributed by atoms with E-state index in [-0.39, 0.29) is 6.61 Å². The number of likely N-dealkylation sites (tertiary alicyclic amines) is 1. The highest BCUT2D eigenvalue weighted by molar-refractivity contribution is 7.11. The summed E-state index contributed by atoms with van der Waals surface area (Å²) in [5.74, 6) is 1.47. The highest BCUT2D eigenvalue weighted by Crippen LogP contribution is 2.42. The van der Waals surface area contributed by atoms with Crippen molar-refractivity contribution < 1.29 is 5.11 Å². The lowest BCUT2D eigenvalue weighted by molar-refractivity contribution is 0.176. The first kappa shape index (κ1) is 12.6. The average molecular weight is 266 g/mol. The molecule has 1 aliphatic heterocycles. The molecular weight excluding hydrogens is 244 g/mol. The van der Waals surface area contributed by atoms with Crippen LogP contribution < -0.4 is 0 Å². The molecule has 0 spiro atoms. The van der Waals surface area contributed by atoms with E-state index in [1.165, 1.54) is 49.5 Å². The molecule has 0 amide bonds. The van der Waals surface area contributed by atoms with Crippen molar-refractivity contribution in [3.8, 4) is 0 Å². The number of aliphatic hydroxyl groups excluding tert-OH is 1. The Morgan fingerprint density at radius 1 is 1.39 bits per heavy atom. The quantitative estimate of drug-likeness (QED) is 0.910. The molecular formula is C14H22N2OS. The highest BCUT2D eigenvalue weighted by Gasteiger charge is 2.29. The maximum Gasteiger partial charge on any atom is 0.107 e. The molecule has 0 aromatic carbocycles. The fraction of sp³-hybridized carbons (Fsp3) is 0.786. The van der Waals surface area contributed by atoms with Crippen molar-refractivity contribution in [3.05, 3.63) is 15.6 Å². The third-order valence-electron chi connectivity index (χ3n) is 3.98. The van der Waals surface area contributed by atoms with Gasteiger partial charge in [-0.15, -0.1) is 11.3 Å². The van der Waals surface area contributed by atoms with Crippen molar-refractivity contribution >= 4 is 11.3 Å². The largest absolute Gasteiger partial charge is 0.391 e. The van der Waals surface area contributed by atoms with E-state index in [4.69, 9.17) is 4.98 Å². The van der Waals surface area contributed by atoms with Crippen LogP contribution in [0.4, 0.5) is 0 Å². The zero-order valence-corrected chi connectivity index (χ0v) is 11.9. The van der Waals surface area contributed by atoms with Crippen LogP contribution in [-0.4, -0.2) is 28.1 Å². The lowest BCUT2D eigenvalue weighted by Crippen LogP contribution is -2.33. The molecule has 0 radical (unpaired) electrons. The first-order chi connectivity index (χ1) is 8.76. The van der Waals surface area contributed by atoms with E-state index in [1.807, 2.05) is 0 Å². The minimum atomic E-state index is 0.167. The summed E-state index contributed by atoms with van der Waals surface area (Å²) in [6.45, 7) is 5.89. The zero-order chi connectivity index (χ0) is 12.5. The van der Waals surface area contributed by atoms with Gasteiger partial charge in [0.15, 0.2) is 0 Å². The second kappa shape index (κ2) is 5.27. The Hall–Kier alpha value is -0.450. The number of aromatic nitrogens is 1.